The summed E-state index contributed by atoms with van der Waals surface area (Å²) in [6, 6.07) is 5.67. The van der Waals surface area contributed by atoms with Crippen molar-refractivity contribution < 1.29 is 9.47 Å². The second kappa shape index (κ2) is 8.47. The molecule has 0 unspecified atom stereocenters. The first-order valence-electron chi connectivity index (χ1n) is 7.71. The van der Waals surface area contributed by atoms with Gasteiger partial charge in [0.1, 0.15) is 0 Å². The van der Waals surface area contributed by atoms with Crippen LogP contribution in [-0.2, 0) is 6.42 Å². The van der Waals surface area contributed by atoms with E-state index in [1.165, 1.54) is 0 Å². The number of nitrogens with zero attached hydrogens (tertiary/aromatic N) is 3. The highest BCUT2D eigenvalue weighted by Crippen LogP contribution is 2.27. The second-order valence-corrected chi connectivity index (χ2v) is 5.33. The van der Waals surface area contributed by atoms with E-state index in [1.807, 2.05) is 25.1 Å². The molecule has 1 aromatic heterocycles. The molecule has 1 aromatic carbocycles. The van der Waals surface area contributed by atoms with E-state index in [9.17, 15) is 0 Å². The molecule has 0 aliphatic rings. The zero-order valence-corrected chi connectivity index (χ0v) is 14.5. The fraction of sp³-hybridized carbons (Fsp3) is 0.438. The van der Waals surface area contributed by atoms with Crippen LogP contribution in [0.25, 0.3) is 0 Å². The van der Waals surface area contributed by atoms with Gasteiger partial charge < -0.3 is 9.47 Å². The van der Waals surface area contributed by atoms with Crippen LogP contribution in [0.5, 0.6) is 11.5 Å². The minimum atomic E-state index is 0.491. The molecule has 1 heterocycles. The minimum absolute atomic E-state index is 0.491. The zero-order chi connectivity index (χ0) is 16.7. The van der Waals surface area contributed by atoms with E-state index in [2.05, 4.69) is 22.2 Å². The van der Waals surface area contributed by atoms with E-state index in [0.29, 0.717) is 17.1 Å². The molecule has 0 amide bonds. The molecule has 0 fully saturated rings. The molecule has 0 atom stereocenters. The summed E-state index contributed by atoms with van der Waals surface area (Å²) in [5.74, 6) is 2.24. The van der Waals surface area contributed by atoms with E-state index in [4.69, 9.17) is 21.7 Å². The van der Waals surface area contributed by atoms with Crippen molar-refractivity contribution in [2.24, 2.45) is 5.10 Å². The standard InChI is InChI=1S/C16H22N4O2S/c1-4-6-7-15-18-19-16(23)20(15)17-11-12-8-9-13(22-5-2)14(10-12)21-3/h8-11H,4-7H2,1-3H3,(H,19,23)/b17-11+. The number of hydrogen-bond acceptors (Lipinski definition) is 5. The molecule has 1 N–H and O–H groups in total. The highest BCUT2D eigenvalue weighted by molar-refractivity contribution is 7.71. The number of rotatable bonds is 8. The first kappa shape index (κ1) is 17.2. The highest BCUT2D eigenvalue weighted by Gasteiger charge is 2.06. The largest absolute Gasteiger partial charge is 0.493 e. The Hall–Kier alpha value is -2.15. The van der Waals surface area contributed by atoms with Gasteiger partial charge in [-0.3, -0.25) is 5.10 Å². The van der Waals surface area contributed by atoms with E-state index >= 15 is 0 Å². The Labute approximate surface area is 141 Å². The molecule has 23 heavy (non-hydrogen) atoms. The molecular weight excluding hydrogens is 312 g/mol. The molecule has 0 saturated carbocycles. The fourth-order valence-corrected chi connectivity index (χ4v) is 2.30. The maximum Gasteiger partial charge on any atom is 0.216 e. The van der Waals surface area contributed by atoms with Crippen molar-refractivity contribution >= 4 is 18.4 Å². The molecule has 6 nitrogen and oxygen atoms in total. The molecule has 0 saturated heterocycles. The smallest absolute Gasteiger partial charge is 0.216 e. The van der Waals surface area contributed by atoms with Crippen LogP contribution in [0.1, 0.15) is 38.1 Å². The van der Waals surface area contributed by atoms with Gasteiger partial charge in [-0.25, -0.2) is 0 Å². The number of benzene rings is 1. The van der Waals surface area contributed by atoms with Gasteiger partial charge >= 0.3 is 0 Å². The lowest BCUT2D eigenvalue weighted by atomic mass is 10.2. The molecule has 0 spiro atoms. The van der Waals surface area contributed by atoms with Crippen molar-refractivity contribution in [1.29, 1.82) is 0 Å². The molecule has 2 aromatic rings. The van der Waals surface area contributed by atoms with Gasteiger partial charge in [0, 0.05) is 6.42 Å². The first-order chi connectivity index (χ1) is 11.2. The minimum Gasteiger partial charge on any atom is -0.493 e. The Kier molecular flexibility index (Phi) is 6.34. The lowest BCUT2D eigenvalue weighted by molar-refractivity contribution is 0.311. The van der Waals surface area contributed by atoms with Gasteiger partial charge in [-0.1, -0.05) is 13.3 Å². The third-order valence-electron chi connectivity index (χ3n) is 3.28. The van der Waals surface area contributed by atoms with Gasteiger partial charge in [0.2, 0.25) is 4.77 Å². The van der Waals surface area contributed by atoms with E-state index < -0.39 is 0 Å². The number of nitrogens with one attached hydrogen (secondary N) is 1. The summed E-state index contributed by atoms with van der Waals surface area (Å²) < 4.78 is 13.0. The summed E-state index contributed by atoms with van der Waals surface area (Å²) in [6.07, 6.45) is 4.72. The Morgan fingerprint density at radius 3 is 2.87 bits per heavy atom. The van der Waals surface area contributed by atoms with Crippen LogP contribution in [0, 0.1) is 4.77 Å². The lowest BCUT2D eigenvalue weighted by Gasteiger charge is -2.09. The molecule has 0 aliphatic heterocycles. The van der Waals surface area contributed by atoms with Gasteiger partial charge in [-0.2, -0.15) is 14.9 Å². The average molecular weight is 334 g/mol. The Bertz CT molecular complexity index is 721. The topological polar surface area (TPSA) is 64.4 Å². The van der Waals surface area contributed by atoms with Crippen molar-refractivity contribution in [1.82, 2.24) is 14.9 Å². The monoisotopic (exact) mass is 334 g/mol. The zero-order valence-electron chi connectivity index (χ0n) is 13.7. The molecule has 0 aliphatic carbocycles. The van der Waals surface area contributed by atoms with Gasteiger partial charge in [0.25, 0.3) is 0 Å². The summed E-state index contributed by atoms with van der Waals surface area (Å²) in [4.78, 5) is 0. The Morgan fingerprint density at radius 2 is 2.17 bits per heavy atom. The number of H-pyrrole nitrogens is 1. The normalized spacial score (nSPS) is 11.1. The highest BCUT2D eigenvalue weighted by atomic mass is 32.1. The van der Waals surface area contributed by atoms with Crippen LogP contribution in [-0.4, -0.2) is 34.8 Å². The Balaban J connectivity index is 2.23. The van der Waals surface area contributed by atoms with Gasteiger partial charge in [0.05, 0.1) is 19.9 Å². The number of aromatic amines is 1. The number of methoxy groups -OCH3 is 1. The second-order valence-electron chi connectivity index (χ2n) is 4.95. The van der Waals surface area contributed by atoms with Crippen LogP contribution >= 0.6 is 12.2 Å². The summed E-state index contributed by atoms with van der Waals surface area (Å²) >= 11 is 5.23. The Morgan fingerprint density at radius 1 is 1.35 bits per heavy atom. The van der Waals surface area contributed by atoms with Crippen molar-refractivity contribution in [3.05, 3.63) is 34.4 Å². The van der Waals surface area contributed by atoms with Crippen LogP contribution < -0.4 is 9.47 Å². The van der Waals surface area contributed by atoms with Gasteiger partial charge in [0.15, 0.2) is 17.3 Å². The van der Waals surface area contributed by atoms with E-state index in [0.717, 1.165) is 36.4 Å². The van der Waals surface area contributed by atoms with E-state index in [-0.39, 0.29) is 0 Å². The number of ether oxygens (including phenoxy) is 2. The maximum atomic E-state index is 5.51. The van der Waals surface area contributed by atoms with Crippen molar-refractivity contribution in [2.45, 2.75) is 33.1 Å². The van der Waals surface area contributed by atoms with Crippen molar-refractivity contribution in [2.75, 3.05) is 13.7 Å². The number of hydrogen-bond donors (Lipinski definition) is 1. The number of aryl methyl sites for hydroxylation is 1. The van der Waals surface area contributed by atoms with Gasteiger partial charge in [-0.05, 0) is 49.3 Å². The van der Waals surface area contributed by atoms with Crippen LogP contribution in [0.4, 0.5) is 0 Å². The average Bonchev–Trinajstić information content (AvgIpc) is 2.92. The maximum absolute atomic E-state index is 5.51. The molecular formula is C16H22N4O2S. The predicted molar refractivity (Wildman–Crippen MR) is 93.2 cm³/mol. The SMILES string of the molecule is CCCCc1n[nH]c(=S)n1/N=C/c1ccc(OCC)c(OC)c1. The predicted octanol–water partition coefficient (Wildman–Crippen LogP) is 3.57. The third kappa shape index (κ3) is 4.41. The summed E-state index contributed by atoms with van der Waals surface area (Å²) in [5.41, 5.74) is 0.898. The molecule has 7 heteroatoms. The fourth-order valence-electron chi connectivity index (χ4n) is 2.10. The summed E-state index contributed by atoms with van der Waals surface area (Å²) in [5, 5.41) is 11.5. The van der Waals surface area contributed by atoms with Crippen LogP contribution in [0.2, 0.25) is 0 Å². The van der Waals surface area contributed by atoms with Gasteiger partial charge in [-0.15, -0.1) is 0 Å². The summed E-state index contributed by atoms with van der Waals surface area (Å²) in [7, 11) is 1.62. The number of unbranched alkanes of at least 4 members (excludes halogenated alkanes) is 1. The summed E-state index contributed by atoms with van der Waals surface area (Å²) in [6.45, 7) is 4.67. The first-order valence-corrected chi connectivity index (χ1v) is 8.11. The quantitative estimate of drug-likeness (QED) is 0.592. The third-order valence-corrected chi connectivity index (χ3v) is 3.55. The lowest BCUT2D eigenvalue weighted by Crippen LogP contribution is -2.00. The van der Waals surface area contributed by atoms with E-state index in [1.54, 1.807) is 18.0 Å². The van der Waals surface area contributed by atoms with Crippen molar-refractivity contribution in [3.63, 3.8) is 0 Å². The number of aromatic nitrogens is 3. The van der Waals surface area contributed by atoms with Crippen LogP contribution in [0.3, 0.4) is 0 Å². The van der Waals surface area contributed by atoms with Crippen LogP contribution in [0.15, 0.2) is 23.3 Å². The molecule has 0 bridgehead atoms. The molecule has 124 valence electrons. The molecule has 0 radical (unpaired) electrons. The molecule has 2 rings (SSSR count). The van der Waals surface area contributed by atoms with Crippen molar-refractivity contribution in [3.8, 4) is 11.5 Å².